The molecule has 1 fully saturated rings. The largest absolute Gasteiger partial charge is 0.444 e. The summed E-state index contributed by atoms with van der Waals surface area (Å²) in [5, 5.41) is -6.65. The standard InChI is InChI=1S/C6HF9O4S/c7-1(8)2-18-3(5(11,12)19-2)4(9,10)6(13,14)20(15,16)17/h3H. The number of alkyl halides is 6. The van der Waals surface area contributed by atoms with E-state index in [1.165, 1.54) is 0 Å². The topological polar surface area (TPSA) is 52.6 Å². The lowest BCUT2D eigenvalue weighted by Crippen LogP contribution is -2.58. The van der Waals surface area contributed by atoms with Crippen molar-refractivity contribution >= 4 is 10.2 Å². The lowest BCUT2D eigenvalue weighted by Gasteiger charge is -2.27. The smallest absolute Gasteiger partial charge is 0.440 e. The van der Waals surface area contributed by atoms with Gasteiger partial charge in [0.2, 0.25) is 0 Å². The highest BCUT2D eigenvalue weighted by Gasteiger charge is 2.79. The molecule has 0 aromatic rings. The molecule has 4 nitrogen and oxygen atoms in total. The molecule has 0 saturated carbocycles. The van der Waals surface area contributed by atoms with E-state index < -0.39 is 45.6 Å². The summed E-state index contributed by atoms with van der Waals surface area (Å²) in [5.74, 6) is -8.91. The van der Waals surface area contributed by atoms with E-state index in [4.69, 9.17) is 0 Å². The first-order valence-corrected chi connectivity index (χ1v) is 5.51. The van der Waals surface area contributed by atoms with Gasteiger partial charge in [-0.15, -0.1) is 0 Å². The van der Waals surface area contributed by atoms with Gasteiger partial charge < -0.3 is 9.47 Å². The average molecular weight is 340 g/mol. The van der Waals surface area contributed by atoms with Crippen LogP contribution < -0.4 is 0 Å². The fraction of sp³-hybridized carbons (Fsp3) is 0.667. The lowest BCUT2D eigenvalue weighted by atomic mass is 10.2. The summed E-state index contributed by atoms with van der Waals surface area (Å²) in [7, 11) is -7.34. The number of hydrogen-bond donors (Lipinski definition) is 0. The van der Waals surface area contributed by atoms with Gasteiger partial charge in [0.05, 0.1) is 0 Å². The Labute approximate surface area is 104 Å². The summed E-state index contributed by atoms with van der Waals surface area (Å²) in [4.78, 5) is 0. The zero-order valence-corrected chi connectivity index (χ0v) is 9.34. The Kier molecular flexibility index (Phi) is 3.62. The molecule has 0 amide bonds. The number of ether oxygens (including phenoxy) is 2. The van der Waals surface area contributed by atoms with Crippen LogP contribution in [-0.4, -0.2) is 31.8 Å². The number of halogens is 9. The highest BCUT2D eigenvalue weighted by Crippen LogP contribution is 2.51. The maximum atomic E-state index is 13.0. The second-order valence-electron chi connectivity index (χ2n) is 3.29. The van der Waals surface area contributed by atoms with Crippen molar-refractivity contribution in [3.05, 3.63) is 12.0 Å². The Balaban J connectivity index is 3.33. The quantitative estimate of drug-likeness (QED) is 0.585. The Morgan fingerprint density at radius 1 is 1.15 bits per heavy atom. The van der Waals surface area contributed by atoms with Crippen molar-refractivity contribution in [3.63, 3.8) is 0 Å². The van der Waals surface area contributed by atoms with Gasteiger partial charge in [-0.2, -0.15) is 43.5 Å². The van der Waals surface area contributed by atoms with E-state index in [1.807, 2.05) is 0 Å². The van der Waals surface area contributed by atoms with Crippen LogP contribution in [0.4, 0.5) is 39.0 Å². The lowest BCUT2D eigenvalue weighted by molar-refractivity contribution is -0.288. The van der Waals surface area contributed by atoms with Crippen molar-refractivity contribution in [2.24, 2.45) is 0 Å². The van der Waals surface area contributed by atoms with Gasteiger partial charge in [-0.3, -0.25) is 0 Å². The van der Waals surface area contributed by atoms with Crippen LogP contribution in [0.2, 0.25) is 0 Å². The van der Waals surface area contributed by atoms with Gasteiger partial charge in [-0.25, -0.2) is 0 Å². The molecule has 0 aromatic carbocycles. The first-order chi connectivity index (χ1) is 8.64. The maximum absolute atomic E-state index is 13.0. The van der Waals surface area contributed by atoms with Crippen LogP contribution in [0.15, 0.2) is 12.0 Å². The number of hydrogen-bond acceptors (Lipinski definition) is 4. The summed E-state index contributed by atoms with van der Waals surface area (Å²) in [5.41, 5.74) is 0. The molecule has 1 rings (SSSR count). The van der Waals surface area contributed by atoms with E-state index in [1.54, 1.807) is 0 Å². The third kappa shape index (κ3) is 2.35. The Morgan fingerprint density at radius 3 is 1.90 bits per heavy atom. The van der Waals surface area contributed by atoms with Crippen LogP contribution in [0, 0.1) is 0 Å². The van der Waals surface area contributed by atoms with Crippen molar-refractivity contribution in [3.8, 4) is 0 Å². The van der Waals surface area contributed by atoms with E-state index in [0.29, 0.717) is 0 Å². The molecule has 1 heterocycles. The van der Waals surface area contributed by atoms with Crippen molar-refractivity contribution in [2.75, 3.05) is 0 Å². The van der Waals surface area contributed by atoms with Crippen molar-refractivity contribution in [1.82, 2.24) is 0 Å². The summed E-state index contributed by atoms with van der Waals surface area (Å²) >= 11 is 0. The molecule has 0 aliphatic carbocycles. The molecule has 0 bridgehead atoms. The van der Waals surface area contributed by atoms with E-state index in [9.17, 15) is 47.4 Å². The Hall–Kier alpha value is -1.34. The summed E-state index contributed by atoms with van der Waals surface area (Å²) in [6.45, 7) is 0. The fourth-order valence-corrected chi connectivity index (χ4v) is 1.49. The third-order valence-electron chi connectivity index (χ3n) is 1.94. The molecular weight excluding hydrogens is 339 g/mol. The number of rotatable bonds is 3. The van der Waals surface area contributed by atoms with Gasteiger partial charge in [0.15, 0.2) is 0 Å². The second kappa shape index (κ2) is 4.33. The molecule has 0 radical (unpaired) electrons. The monoisotopic (exact) mass is 340 g/mol. The fourth-order valence-electron chi connectivity index (χ4n) is 1.06. The molecule has 1 atom stereocenters. The molecule has 0 aromatic heterocycles. The highest BCUT2D eigenvalue weighted by molar-refractivity contribution is 7.87. The van der Waals surface area contributed by atoms with E-state index >= 15 is 0 Å². The van der Waals surface area contributed by atoms with Crippen LogP contribution in [0.1, 0.15) is 0 Å². The first kappa shape index (κ1) is 16.7. The maximum Gasteiger partial charge on any atom is 0.444 e. The zero-order valence-electron chi connectivity index (χ0n) is 8.52. The van der Waals surface area contributed by atoms with E-state index in [-0.39, 0.29) is 0 Å². The van der Waals surface area contributed by atoms with Crippen molar-refractivity contribution in [2.45, 2.75) is 23.4 Å². The molecule has 1 aliphatic rings. The molecule has 0 spiro atoms. The molecule has 14 heteroatoms. The van der Waals surface area contributed by atoms with Crippen LogP contribution in [-0.2, 0) is 19.7 Å². The zero-order chi connectivity index (χ0) is 16.1. The predicted molar refractivity (Wildman–Crippen MR) is 40.1 cm³/mol. The van der Waals surface area contributed by atoms with E-state index in [0.717, 1.165) is 0 Å². The normalized spacial score (nSPS) is 23.2. The second-order valence-corrected chi connectivity index (χ2v) is 4.68. The minimum absolute atomic E-state index is 2.51. The molecule has 0 N–H and O–H groups in total. The minimum Gasteiger partial charge on any atom is -0.440 e. The Morgan fingerprint density at radius 2 is 1.60 bits per heavy atom. The van der Waals surface area contributed by atoms with Crippen LogP contribution in [0.25, 0.3) is 0 Å². The third-order valence-corrected chi connectivity index (χ3v) is 2.82. The summed E-state index contributed by atoms with van der Waals surface area (Å²) in [6, 6.07) is 0. The summed E-state index contributed by atoms with van der Waals surface area (Å²) < 4.78 is 138. The van der Waals surface area contributed by atoms with Crippen molar-refractivity contribution in [1.29, 1.82) is 0 Å². The van der Waals surface area contributed by atoms with Crippen molar-refractivity contribution < 1.29 is 56.9 Å². The van der Waals surface area contributed by atoms with E-state index in [2.05, 4.69) is 9.47 Å². The first-order valence-electron chi connectivity index (χ1n) is 4.13. The highest BCUT2D eigenvalue weighted by atomic mass is 32.3. The van der Waals surface area contributed by atoms with Gasteiger partial charge in [-0.05, 0) is 0 Å². The van der Waals surface area contributed by atoms with Gasteiger partial charge in [0, 0.05) is 0 Å². The van der Waals surface area contributed by atoms with Gasteiger partial charge >= 0.3 is 39.5 Å². The van der Waals surface area contributed by atoms with Crippen LogP contribution >= 0.6 is 0 Å². The van der Waals surface area contributed by atoms with Gasteiger partial charge in [0.1, 0.15) is 0 Å². The van der Waals surface area contributed by atoms with Crippen LogP contribution in [0.3, 0.4) is 0 Å². The minimum atomic E-state index is -7.34. The molecule has 1 saturated heterocycles. The SMILES string of the molecule is O=S(=O)(F)C(F)(F)C(F)(F)C1OC(=C(F)F)OC1(F)F. The van der Waals surface area contributed by atoms with Gasteiger partial charge in [-0.1, -0.05) is 3.89 Å². The molecular formula is C6HF9O4S. The predicted octanol–water partition coefficient (Wildman–Crippen LogP) is 2.59. The molecule has 1 aliphatic heterocycles. The molecule has 20 heavy (non-hydrogen) atoms. The Bertz CT molecular complexity index is 535. The molecule has 118 valence electrons. The molecule has 1 unspecified atom stereocenters. The summed E-state index contributed by atoms with van der Waals surface area (Å²) in [6.07, 6.45) is -13.1. The van der Waals surface area contributed by atoms with Crippen LogP contribution in [0.5, 0.6) is 0 Å². The van der Waals surface area contributed by atoms with Gasteiger partial charge in [0.25, 0.3) is 6.10 Å². The average Bonchev–Trinajstić information content (AvgIpc) is 2.52.